The number of hydrogen-bond acceptors (Lipinski definition) is 6. The van der Waals surface area contributed by atoms with Gasteiger partial charge in [0.1, 0.15) is 11.9 Å². The molecular formula is C23H30N6O2. The van der Waals surface area contributed by atoms with Crippen LogP contribution in [-0.4, -0.2) is 44.1 Å². The summed E-state index contributed by atoms with van der Waals surface area (Å²) in [5.74, 6) is 1.56. The van der Waals surface area contributed by atoms with E-state index in [2.05, 4.69) is 32.0 Å². The summed E-state index contributed by atoms with van der Waals surface area (Å²) in [5, 5.41) is 7.03. The van der Waals surface area contributed by atoms with E-state index in [-0.39, 0.29) is 11.3 Å². The van der Waals surface area contributed by atoms with Crippen molar-refractivity contribution >= 4 is 5.91 Å². The summed E-state index contributed by atoms with van der Waals surface area (Å²) in [4.78, 5) is 24.9. The molecule has 8 heteroatoms. The first-order valence-electron chi connectivity index (χ1n) is 10.7. The van der Waals surface area contributed by atoms with Gasteiger partial charge in [-0.3, -0.25) is 4.79 Å². The van der Waals surface area contributed by atoms with Crippen molar-refractivity contribution in [3.8, 4) is 11.4 Å². The number of nitrogens with one attached hydrogen (secondary N) is 1. The lowest BCUT2D eigenvalue weighted by Crippen LogP contribution is -2.37. The molecule has 164 valence electrons. The Morgan fingerprint density at radius 2 is 1.90 bits per heavy atom. The third kappa shape index (κ3) is 4.39. The van der Waals surface area contributed by atoms with Gasteiger partial charge in [0.05, 0.1) is 5.69 Å². The molecule has 4 rings (SSSR count). The van der Waals surface area contributed by atoms with Crippen LogP contribution >= 0.6 is 0 Å². The molecule has 1 aromatic carbocycles. The van der Waals surface area contributed by atoms with Gasteiger partial charge < -0.3 is 19.3 Å². The highest BCUT2D eigenvalue weighted by Gasteiger charge is 2.35. The van der Waals surface area contributed by atoms with E-state index in [1.165, 1.54) is 0 Å². The number of benzene rings is 1. The number of nitrogens with zero attached hydrogens (tertiary/aromatic N) is 5. The Bertz CT molecular complexity index is 1060. The van der Waals surface area contributed by atoms with Crippen LogP contribution in [0.2, 0.25) is 0 Å². The van der Waals surface area contributed by atoms with Crippen LogP contribution in [-0.2, 0) is 13.1 Å². The summed E-state index contributed by atoms with van der Waals surface area (Å²) < 4.78 is 7.60. The molecule has 1 amide bonds. The maximum Gasteiger partial charge on any atom is 0.272 e. The molecule has 3 heterocycles. The van der Waals surface area contributed by atoms with Gasteiger partial charge in [-0.25, -0.2) is 4.98 Å². The Morgan fingerprint density at radius 3 is 2.55 bits per heavy atom. The maximum atomic E-state index is 13.5. The Hall–Kier alpha value is -3.00. The largest absolute Gasteiger partial charge is 0.338 e. The quantitative estimate of drug-likeness (QED) is 0.691. The van der Waals surface area contributed by atoms with Gasteiger partial charge in [0.25, 0.3) is 5.91 Å². The number of aromatic nitrogens is 4. The summed E-state index contributed by atoms with van der Waals surface area (Å²) in [6, 6.07) is 9.61. The summed E-state index contributed by atoms with van der Waals surface area (Å²) in [5.41, 5.74) is 2.08. The second-order valence-corrected chi connectivity index (χ2v) is 9.29. The zero-order chi connectivity index (χ0) is 22.2. The molecule has 0 fully saturated rings. The number of imidazole rings is 1. The monoisotopic (exact) mass is 422 g/mol. The normalized spacial score (nSPS) is 15.9. The lowest BCUT2D eigenvalue weighted by molar-refractivity contribution is 0.0874. The van der Waals surface area contributed by atoms with Gasteiger partial charge in [0.2, 0.25) is 5.89 Å². The zero-order valence-corrected chi connectivity index (χ0v) is 18.8. The Morgan fingerprint density at radius 1 is 1.16 bits per heavy atom. The number of carbonyl (C=O) groups excluding carboxylic acids is 1. The molecule has 0 bridgehead atoms. The van der Waals surface area contributed by atoms with Crippen molar-refractivity contribution in [2.75, 3.05) is 13.6 Å². The van der Waals surface area contributed by atoms with E-state index in [4.69, 9.17) is 9.51 Å². The van der Waals surface area contributed by atoms with E-state index in [1.807, 2.05) is 51.1 Å². The summed E-state index contributed by atoms with van der Waals surface area (Å²) in [6.45, 7) is 10.4. The van der Waals surface area contributed by atoms with E-state index in [0.29, 0.717) is 24.0 Å². The van der Waals surface area contributed by atoms with Crippen molar-refractivity contribution in [3.05, 3.63) is 53.4 Å². The standard InChI is InChI=1S/C23H30N6O2/c1-15-24-22(31-27-15)19(23(2,3)4)26-21(30)18-17-14-28(5)12-9-13-29(17)20(25-18)16-10-7-6-8-11-16/h6-8,10-11,19H,9,12-14H2,1-5H3,(H,26,30). The van der Waals surface area contributed by atoms with E-state index in [1.54, 1.807) is 6.92 Å². The molecule has 8 nitrogen and oxygen atoms in total. The highest BCUT2D eigenvalue weighted by atomic mass is 16.5. The average molecular weight is 423 g/mol. The van der Waals surface area contributed by atoms with Crippen LogP contribution in [0.1, 0.15) is 61.1 Å². The fourth-order valence-electron chi connectivity index (χ4n) is 3.99. The predicted octanol–water partition coefficient (Wildman–Crippen LogP) is 3.59. The molecule has 0 aliphatic carbocycles. The van der Waals surface area contributed by atoms with Crippen LogP contribution in [0, 0.1) is 12.3 Å². The van der Waals surface area contributed by atoms with Gasteiger partial charge in [-0.1, -0.05) is 56.3 Å². The molecule has 0 spiro atoms. The number of rotatable bonds is 4. The van der Waals surface area contributed by atoms with E-state index >= 15 is 0 Å². The first-order valence-corrected chi connectivity index (χ1v) is 10.7. The van der Waals surface area contributed by atoms with Crippen LogP contribution in [0.3, 0.4) is 0 Å². The van der Waals surface area contributed by atoms with E-state index in [0.717, 1.165) is 36.6 Å². The second-order valence-electron chi connectivity index (χ2n) is 9.29. The lowest BCUT2D eigenvalue weighted by atomic mass is 9.86. The molecule has 1 N–H and O–H groups in total. The average Bonchev–Trinajstić information content (AvgIpc) is 3.24. The SMILES string of the molecule is Cc1noc(C(NC(=O)c2nc(-c3ccccc3)n3c2CN(C)CCC3)C(C)(C)C)n1. The topological polar surface area (TPSA) is 89.1 Å². The summed E-state index contributed by atoms with van der Waals surface area (Å²) in [6.07, 6.45) is 1.01. The van der Waals surface area contributed by atoms with Gasteiger partial charge in [-0.05, 0) is 32.4 Å². The second kappa shape index (κ2) is 8.26. The molecule has 1 atom stereocenters. The van der Waals surface area contributed by atoms with Crippen LogP contribution < -0.4 is 5.32 Å². The minimum Gasteiger partial charge on any atom is -0.338 e. The maximum absolute atomic E-state index is 13.5. The highest BCUT2D eigenvalue weighted by Crippen LogP contribution is 2.33. The molecule has 0 radical (unpaired) electrons. The first-order chi connectivity index (χ1) is 14.7. The van der Waals surface area contributed by atoms with E-state index < -0.39 is 6.04 Å². The van der Waals surface area contributed by atoms with Crippen molar-refractivity contribution in [3.63, 3.8) is 0 Å². The Balaban J connectivity index is 1.74. The Kier molecular flexibility index (Phi) is 5.66. The summed E-state index contributed by atoms with van der Waals surface area (Å²) >= 11 is 0. The molecule has 1 aliphatic heterocycles. The summed E-state index contributed by atoms with van der Waals surface area (Å²) in [7, 11) is 2.08. The molecular weight excluding hydrogens is 392 g/mol. The smallest absolute Gasteiger partial charge is 0.272 e. The van der Waals surface area contributed by atoms with Crippen molar-refractivity contribution in [1.82, 2.24) is 29.9 Å². The molecule has 0 saturated heterocycles. The number of amides is 1. The van der Waals surface area contributed by atoms with Crippen LogP contribution in [0.5, 0.6) is 0 Å². The van der Waals surface area contributed by atoms with Crippen molar-refractivity contribution in [2.24, 2.45) is 5.41 Å². The number of aryl methyl sites for hydroxylation is 1. The molecule has 2 aromatic heterocycles. The lowest BCUT2D eigenvalue weighted by Gasteiger charge is -2.28. The highest BCUT2D eigenvalue weighted by molar-refractivity contribution is 5.94. The fourth-order valence-corrected chi connectivity index (χ4v) is 3.99. The minimum atomic E-state index is -0.428. The van der Waals surface area contributed by atoms with Crippen molar-refractivity contribution < 1.29 is 9.32 Å². The third-order valence-electron chi connectivity index (χ3n) is 5.59. The number of carbonyl (C=O) groups is 1. The molecule has 1 aliphatic rings. The van der Waals surface area contributed by atoms with E-state index in [9.17, 15) is 4.79 Å². The van der Waals surface area contributed by atoms with Gasteiger partial charge in [-0.15, -0.1) is 0 Å². The number of fused-ring (bicyclic) bond motifs is 1. The van der Waals surface area contributed by atoms with Crippen LogP contribution in [0.15, 0.2) is 34.9 Å². The predicted molar refractivity (Wildman–Crippen MR) is 117 cm³/mol. The molecule has 31 heavy (non-hydrogen) atoms. The van der Waals surface area contributed by atoms with Crippen molar-refractivity contribution in [1.29, 1.82) is 0 Å². The van der Waals surface area contributed by atoms with Gasteiger partial charge in [0, 0.05) is 18.7 Å². The van der Waals surface area contributed by atoms with Gasteiger partial charge >= 0.3 is 0 Å². The molecule has 3 aromatic rings. The van der Waals surface area contributed by atoms with Crippen molar-refractivity contribution in [2.45, 2.75) is 53.2 Å². The van der Waals surface area contributed by atoms with Gasteiger partial charge in [-0.2, -0.15) is 4.98 Å². The Labute approximate surface area is 182 Å². The van der Waals surface area contributed by atoms with Crippen LogP contribution in [0.4, 0.5) is 0 Å². The minimum absolute atomic E-state index is 0.225. The van der Waals surface area contributed by atoms with Crippen LogP contribution in [0.25, 0.3) is 11.4 Å². The fraction of sp³-hybridized carbons (Fsp3) is 0.478. The molecule has 0 saturated carbocycles. The molecule has 1 unspecified atom stereocenters. The first kappa shape index (κ1) is 21.2. The van der Waals surface area contributed by atoms with Gasteiger partial charge in [0.15, 0.2) is 11.5 Å². The number of hydrogen-bond donors (Lipinski definition) is 1. The third-order valence-corrected chi connectivity index (χ3v) is 5.59. The zero-order valence-electron chi connectivity index (χ0n) is 18.8.